The van der Waals surface area contributed by atoms with Gasteiger partial charge in [0.15, 0.2) is 5.82 Å². The normalized spacial score (nSPS) is 12.3. The molecule has 1 aromatic carbocycles. The average molecular weight is 470 g/mol. The van der Waals surface area contributed by atoms with Crippen molar-refractivity contribution in [2.45, 2.75) is 18.8 Å². The van der Waals surface area contributed by atoms with Gasteiger partial charge in [-0.1, -0.05) is 29.8 Å². The Hall–Kier alpha value is -3.38. The molecule has 1 unspecified atom stereocenters. The Kier molecular flexibility index (Phi) is 7.15. The fraction of sp³-hybridized carbons (Fsp3) is 0.263. The number of benzene rings is 1. The van der Waals surface area contributed by atoms with Gasteiger partial charge in [-0.15, -0.1) is 0 Å². The van der Waals surface area contributed by atoms with Gasteiger partial charge in [0.1, 0.15) is 11.6 Å². The number of alkyl halides is 3. The van der Waals surface area contributed by atoms with E-state index in [1.165, 1.54) is 42.3 Å². The molecule has 2 aromatic heterocycles. The first-order chi connectivity index (χ1) is 15.2. The number of hydrogen-bond acceptors (Lipinski definition) is 7. The van der Waals surface area contributed by atoms with E-state index in [9.17, 15) is 23.1 Å². The number of aromatic nitrogens is 4. The molecule has 0 spiro atoms. The number of aliphatic hydroxyl groups excluding tert-OH is 1. The minimum absolute atomic E-state index is 0.0171. The highest BCUT2D eigenvalue weighted by Gasteiger charge is 2.35. The molecule has 0 aliphatic heterocycles. The number of likely N-dealkylation sites (N-methyl/N-ethyl adjacent to an activating group) is 1. The second kappa shape index (κ2) is 9.83. The summed E-state index contributed by atoms with van der Waals surface area (Å²) < 4.78 is 41.5. The van der Waals surface area contributed by atoms with Crippen LogP contribution in [0.4, 0.5) is 30.6 Å². The molecule has 0 radical (unpaired) electrons. The molecule has 4 N–H and O–H groups in total. The van der Waals surface area contributed by atoms with E-state index in [0.717, 1.165) is 6.07 Å². The van der Waals surface area contributed by atoms with E-state index in [4.69, 9.17) is 11.6 Å². The maximum absolute atomic E-state index is 13.4. The Balaban J connectivity index is 1.81. The summed E-state index contributed by atoms with van der Waals surface area (Å²) in [4.78, 5) is 19.6. The molecule has 0 saturated heterocycles. The van der Waals surface area contributed by atoms with E-state index in [2.05, 4.69) is 31.0 Å². The molecule has 3 rings (SSSR count). The van der Waals surface area contributed by atoms with Crippen molar-refractivity contribution < 1.29 is 23.1 Å². The molecular formula is C19H19ClF3N7O2. The van der Waals surface area contributed by atoms with Crippen molar-refractivity contribution in [3.05, 3.63) is 59.0 Å². The Bertz CT molecular complexity index is 1090. The molecule has 0 aliphatic carbocycles. The lowest BCUT2D eigenvalue weighted by Crippen LogP contribution is -2.23. The van der Waals surface area contributed by atoms with E-state index < -0.39 is 24.4 Å². The molecular weight excluding hydrogens is 451 g/mol. The predicted molar refractivity (Wildman–Crippen MR) is 112 cm³/mol. The zero-order valence-electron chi connectivity index (χ0n) is 16.7. The first-order valence-corrected chi connectivity index (χ1v) is 9.65. The van der Waals surface area contributed by atoms with Crippen LogP contribution in [0.2, 0.25) is 5.02 Å². The standard InChI is InChI=1S/C19H19ClF3N7O2/c1-24-16(32)9-30-8-11(6-26-30)27-18-25-7-14(20)17(29-18)28-15(10-31)12-4-2-3-5-13(12)19(21,22)23/h2-8,15,31H,9-10H2,1H3,(H,24,32)(H2,25,27,28,29). The van der Waals surface area contributed by atoms with Crippen LogP contribution in [0.5, 0.6) is 0 Å². The van der Waals surface area contributed by atoms with E-state index in [0.29, 0.717) is 5.69 Å². The first kappa shape index (κ1) is 23.3. The summed E-state index contributed by atoms with van der Waals surface area (Å²) in [5.41, 5.74) is -0.552. The Morgan fingerprint density at radius 3 is 2.72 bits per heavy atom. The van der Waals surface area contributed by atoms with Crippen molar-refractivity contribution >= 4 is 35.0 Å². The summed E-state index contributed by atoms with van der Waals surface area (Å²) in [6, 6.07) is 3.80. The topological polar surface area (TPSA) is 117 Å². The van der Waals surface area contributed by atoms with Gasteiger partial charge in [0.25, 0.3) is 0 Å². The van der Waals surface area contributed by atoms with Gasteiger partial charge in [0, 0.05) is 13.2 Å². The van der Waals surface area contributed by atoms with Gasteiger partial charge in [0.2, 0.25) is 11.9 Å². The van der Waals surface area contributed by atoms with Gasteiger partial charge < -0.3 is 21.1 Å². The molecule has 9 nitrogen and oxygen atoms in total. The number of nitrogens with one attached hydrogen (secondary N) is 3. The minimum atomic E-state index is -4.59. The largest absolute Gasteiger partial charge is 0.416 e. The highest BCUT2D eigenvalue weighted by atomic mass is 35.5. The van der Waals surface area contributed by atoms with Crippen LogP contribution in [-0.2, 0) is 17.5 Å². The van der Waals surface area contributed by atoms with Crippen molar-refractivity contribution in [1.82, 2.24) is 25.1 Å². The van der Waals surface area contributed by atoms with E-state index in [1.54, 1.807) is 6.20 Å². The summed E-state index contributed by atoms with van der Waals surface area (Å²) in [7, 11) is 1.51. The second-order valence-electron chi connectivity index (χ2n) is 6.58. The van der Waals surface area contributed by atoms with Gasteiger partial charge in [0.05, 0.1) is 36.3 Å². The van der Waals surface area contributed by atoms with E-state index >= 15 is 0 Å². The average Bonchev–Trinajstić information content (AvgIpc) is 3.19. The van der Waals surface area contributed by atoms with Crippen LogP contribution in [0.1, 0.15) is 17.2 Å². The monoisotopic (exact) mass is 469 g/mol. The fourth-order valence-electron chi connectivity index (χ4n) is 2.84. The molecule has 32 heavy (non-hydrogen) atoms. The second-order valence-corrected chi connectivity index (χ2v) is 6.99. The number of carbonyl (C=O) groups excluding carboxylic acids is 1. The number of rotatable bonds is 8. The first-order valence-electron chi connectivity index (χ1n) is 9.27. The number of nitrogens with zero attached hydrogens (tertiary/aromatic N) is 4. The Labute approximate surface area is 185 Å². The van der Waals surface area contributed by atoms with Crippen LogP contribution in [0.25, 0.3) is 0 Å². The lowest BCUT2D eigenvalue weighted by molar-refractivity contribution is -0.138. The van der Waals surface area contributed by atoms with E-state index in [1.807, 2.05) is 0 Å². The van der Waals surface area contributed by atoms with E-state index in [-0.39, 0.29) is 34.8 Å². The highest BCUT2D eigenvalue weighted by molar-refractivity contribution is 6.32. The highest BCUT2D eigenvalue weighted by Crippen LogP contribution is 2.36. The zero-order chi connectivity index (χ0) is 23.3. The number of aliphatic hydroxyl groups is 1. The molecule has 0 fully saturated rings. The number of anilines is 3. The van der Waals surface area contributed by atoms with Crippen LogP contribution < -0.4 is 16.0 Å². The number of halogens is 4. The third-order valence-electron chi connectivity index (χ3n) is 4.35. The molecule has 0 aliphatic rings. The van der Waals surface area contributed by atoms with Crippen molar-refractivity contribution in [3.63, 3.8) is 0 Å². The van der Waals surface area contributed by atoms with Gasteiger partial charge in [-0.3, -0.25) is 9.48 Å². The van der Waals surface area contributed by atoms with Crippen LogP contribution in [0.15, 0.2) is 42.9 Å². The van der Waals surface area contributed by atoms with Crippen molar-refractivity contribution in [2.75, 3.05) is 24.3 Å². The molecule has 3 aromatic rings. The SMILES string of the molecule is CNC(=O)Cn1cc(Nc2ncc(Cl)c(NC(CO)c3ccccc3C(F)(F)F)n2)cn1. The third kappa shape index (κ3) is 5.65. The molecule has 170 valence electrons. The minimum Gasteiger partial charge on any atom is -0.394 e. The summed E-state index contributed by atoms with van der Waals surface area (Å²) in [5.74, 6) is -0.127. The summed E-state index contributed by atoms with van der Waals surface area (Å²) in [5, 5.41) is 21.9. The van der Waals surface area contributed by atoms with Crippen LogP contribution in [-0.4, -0.2) is 44.4 Å². The van der Waals surface area contributed by atoms with Gasteiger partial charge in [-0.05, 0) is 11.6 Å². The lowest BCUT2D eigenvalue weighted by atomic mass is 10.0. The third-order valence-corrected chi connectivity index (χ3v) is 4.63. The van der Waals surface area contributed by atoms with Crippen LogP contribution >= 0.6 is 11.6 Å². The molecule has 0 bridgehead atoms. The maximum atomic E-state index is 13.4. The van der Waals surface area contributed by atoms with Crippen molar-refractivity contribution in [2.24, 2.45) is 0 Å². The smallest absolute Gasteiger partial charge is 0.394 e. The number of amides is 1. The molecule has 1 atom stereocenters. The van der Waals surface area contributed by atoms with Crippen LogP contribution in [0, 0.1) is 0 Å². The van der Waals surface area contributed by atoms with Crippen molar-refractivity contribution in [3.8, 4) is 0 Å². The zero-order valence-corrected chi connectivity index (χ0v) is 17.4. The summed E-state index contributed by atoms with van der Waals surface area (Å²) in [6.07, 6.45) is -0.332. The molecule has 13 heteroatoms. The lowest BCUT2D eigenvalue weighted by Gasteiger charge is -2.22. The summed E-state index contributed by atoms with van der Waals surface area (Å²) in [6.45, 7) is -0.619. The molecule has 2 heterocycles. The van der Waals surface area contributed by atoms with Gasteiger partial charge >= 0.3 is 6.18 Å². The quantitative estimate of drug-likeness (QED) is 0.400. The van der Waals surface area contributed by atoms with Gasteiger partial charge in [-0.25, -0.2) is 4.98 Å². The predicted octanol–water partition coefficient (Wildman–Crippen LogP) is 2.98. The van der Waals surface area contributed by atoms with Gasteiger partial charge in [-0.2, -0.15) is 23.3 Å². The molecule has 1 amide bonds. The van der Waals surface area contributed by atoms with Crippen molar-refractivity contribution in [1.29, 1.82) is 0 Å². The number of carbonyl (C=O) groups is 1. The maximum Gasteiger partial charge on any atom is 0.416 e. The Morgan fingerprint density at radius 1 is 1.28 bits per heavy atom. The molecule has 0 saturated carbocycles. The summed E-state index contributed by atoms with van der Waals surface area (Å²) >= 11 is 6.11. The fourth-order valence-corrected chi connectivity index (χ4v) is 2.99. The number of hydrogen-bond donors (Lipinski definition) is 4. The van der Waals surface area contributed by atoms with Crippen LogP contribution in [0.3, 0.4) is 0 Å². The Morgan fingerprint density at radius 2 is 2.03 bits per heavy atom.